The molecule has 1 aliphatic rings. The summed E-state index contributed by atoms with van der Waals surface area (Å²) in [6.45, 7) is 7.41. The summed E-state index contributed by atoms with van der Waals surface area (Å²) >= 11 is 0. The molecule has 0 aromatic heterocycles. The van der Waals surface area contributed by atoms with E-state index in [4.69, 9.17) is 0 Å². The minimum absolute atomic E-state index is 0.0301. The van der Waals surface area contributed by atoms with Crippen LogP contribution in [0.15, 0.2) is 35.5 Å². The van der Waals surface area contributed by atoms with E-state index >= 15 is 0 Å². The Bertz CT molecular complexity index is 676. The van der Waals surface area contributed by atoms with Crippen molar-refractivity contribution in [2.75, 3.05) is 18.4 Å². The van der Waals surface area contributed by atoms with Gasteiger partial charge in [-0.25, -0.2) is 0 Å². The number of allylic oxidation sites excluding steroid dienone is 1. The lowest BCUT2D eigenvalue weighted by Crippen LogP contribution is -2.27. The van der Waals surface area contributed by atoms with Gasteiger partial charge < -0.3 is 10.2 Å². The van der Waals surface area contributed by atoms with Gasteiger partial charge in [0.25, 0.3) is 0 Å². The number of rotatable bonds is 5. The fourth-order valence-electron chi connectivity index (χ4n) is 2.50. The number of carbonyl (C=O) groups excluding carboxylic acids is 1. The second-order valence-corrected chi connectivity index (χ2v) is 5.66. The van der Waals surface area contributed by atoms with Gasteiger partial charge in [-0.15, -0.1) is 0 Å². The van der Waals surface area contributed by atoms with Gasteiger partial charge in [0.1, 0.15) is 6.07 Å². The van der Waals surface area contributed by atoms with Crippen molar-refractivity contribution >= 4 is 17.7 Å². The van der Waals surface area contributed by atoms with Crippen LogP contribution in [0.2, 0.25) is 0 Å². The largest absolute Gasteiger partial charge is 0.356 e. The predicted octanol–water partition coefficient (Wildman–Crippen LogP) is 3.53. The molecule has 0 aliphatic carbocycles. The molecule has 22 heavy (non-hydrogen) atoms. The molecule has 0 saturated heterocycles. The fraction of sp³-hybridized carbons (Fsp3) is 0.333. The second kappa shape index (κ2) is 6.95. The number of benzene rings is 1. The predicted molar refractivity (Wildman–Crippen MR) is 89.1 cm³/mol. The molecule has 0 atom stereocenters. The molecule has 1 amide bonds. The summed E-state index contributed by atoms with van der Waals surface area (Å²) in [5, 5.41) is 12.6. The molecular formula is C18H21N3O. The maximum absolute atomic E-state index is 11.9. The van der Waals surface area contributed by atoms with E-state index in [-0.39, 0.29) is 5.91 Å². The zero-order valence-electron chi connectivity index (χ0n) is 13.3. The van der Waals surface area contributed by atoms with E-state index in [1.54, 1.807) is 17.0 Å². The number of nitrogens with one attached hydrogen (secondary N) is 1. The van der Waals surface area contributed by atoms with E-state index in [1.807, 2.05) is 32.1 Å². The molecule has 114 valence electrons. The molecule has 1 aromatic rings. The number of nitrogens with zero attached hydrogens (tertiary/aromatic N) is 2. The Balaban J connectivity index is 2.30. The fourth-order valence-corrected chi connectivity index (χ4v) is 2.50. The minimum Gasteiger partial charge on any atom is -0.356 e. The molecule has 0 saturated carbocycles. The van der Waals surface area contributed by atoms with Crippen LogP contribution in [0.4, 0.5) is 5.69 Å². The highest BCUT2D eigenvalue weighted by atomic mass is 16.2. The van der Waals surface area contributed by atoms with Crippen molar-refractivity contribution < 1.29 is 4.79 Å². The van der Waals surface area contributed by atoms with E-state index in [0.29, 0.717) is 12.1 Å². The molecule has 4 heteroatoms. The van der Waals surface area contributed by atoms with Crippen molar-refractivity contribution in [3.63, 3.8) is 0 Å². The summed E-state index contributed by atoms with van der Waals surface area (Å²) in [4.78, 5) is 13.7. The molecular weight excluding hydrogens is 274 g/mol. The minimum atomic E-state index is 0.0301. The number of hydrogen-bond donors (Lipinski definition) is 1. The highest BCUT2D eigenvalue weighted by molar-refractivity contribution is 5.92. The molecule has 1 heterocycles. The van der Waals surface area contributed by atoms with Crippen LogP contribution in [-0.4, -0.2) is 23.9 Å². The summed E-state index contributed by atoms with van der Waals surface area (Å²) < 4.78 is 0. The lowest BCUT2D eigenvalue weighted by atomic mass is 10.1. The smallest absolute Gasteiger partial charge is 0.248 e. The summed E-state index contributed by atoms with van der Waals surface area (Å²) in [5.41, 5.74) is 4.30. The Morgan fingerprint density at radius 3 is 2.86 bits per heavy atom. The molecule has 0 unspecified atom stereocenters. The number of nitriles is 1. The maximum Gasteiger partial charge on any atom is 0.248 e. The third-order valence-corrected chi connectivity index (χ3v) is 3.41. The first-order valence-electron chi connectivity index (χ1n) is 7.49. The molecule has 0 radical (unpaired) electrons. The Hall–Kier alpha value is -2.54. The lowest BCUT2D eigenvalue weighted by Gasteiger charge is -2.17. The third kappa shape index (κ3) is 3.56. The van der Waals surface area contributed by atoms with Crippen LogP contribution in [0.5, 0.6) is 0 Å². The van der Waals surface area contributed by atoms with Crippen LogP contribution in [0.1, 0.15) is 38.3 Å². The molecule has 0 fully saturated rings. The van der Waals surface area contributed by atoms with Crippen LogP contribution < -0.4 is 5.32 Å². The third-order valence-electron chi connectivity index (χ3n) is 3.41. The SMILES string of the molecule is CCCN1CC(Nc2c(C#N)cccc2C=C(C)C)=CC1=O. The van der Waals surface area contributed by atoms with Gasteiger partial charge in [0.05, 0.1) is 17.8 Å². The molecule has 0 spiro atoms. The summed E-state index contributed by atoms with van der Waals surface area (Å²) in [6.07, 6.45) is 4.59. The quantitative estimate of drug-likeness (QED) is 0.904. The normalized spacial score (nSPS) is 13.6. The van der Waals surface area contributed by atoms with Crippen LogP contribution in [0, 0.1) is 11.3 Å². The van der Waals surface area contributed by atoms with Crippen LogP contribution >= 0.6 is 0 Å². The van der Waals surface area contributed by atoms with Crippen LogP contribution in [0.3, 0.4) is 0 Å². The van der Waals surface area contributed by atoms with Crippen molar-refractivity contribution in [1.82, 2.24) is 4.90 Å². The Morgan fingerprint density at radius 1 is 1.45 bits per heavy atom. The average molecular weight is 295 g/mol. The summed E-state index contributed by atoms with van der Waals surface area (Å²) in [7, 11) is 0. The van der Waals surface area contributed by atoms with E-state index < -0.39 is 0 Å². The summed E-state index contributed by atoms with van der Waals surface area (Å²) in [5.74, 6) is 0.0301. The first-order valence-corrected chi connectivity index (χ1v) is 7.49. The van der Waals surface area contributed by atoms with Gasteiger partial charge in [-0.3, -0.25) is 4.79 Å². The zero-order valence-corrected chi connectivity index (χ0v) is 13.3. The van der Waals surface area contributed by atoms with E-state index in [0.717, 1.165) is 35.5 Å². The molecule has 1 N–H and O–H groups in total. The van der Waals surface area contributed by atoms with Crippen molar-refractivity contribution in [1.29, 1.82) is 5.26 Å². The van der Waals surface area contributed by atoms with Gasteiger partial charge in [-0.1, -0.05) is 30.7 Å². The van der Waals surface area contributed by atoms with Crippen LogP contribution in [-0.2, 0) is 4.79 Å². The summed E-state index contributed by atoms with van der Waals surface area (Å²) in [6, 6.07) is 7.84. The number of para-hydroxylation sites is 1. The van der Waals surface area contributed by atoms with Crippen molar-refractivity contribution in [3.8, 4) is 6.07 Å². The highest BCUT2D eigenvalue weighted by Gasteiger charge is 2.21. The van der Waals surface area contributed by atoms with Crippen LogP contribution in [0.25, 0.3) is 6.08 Å². The first kappa shape index (κ1) is 15.8. The first-order chi connectivity index (χ1) is 10.5. The average Bonchev–Trinajstić information content (AvgIpc) is 2.81. The van der Waals surface area contributed by atoms with Gasteiger partial charge in [0, 0.05) is 18.3 Å². The van der Waals surface area contributed by atoms with Crippen molar-refractivity contribution in [2.45, 2.75) is 27.2 Å². The number of amides is 1. The van der Waals surface area contributed by atoms with E-state index in [1.165, 1.54) is 0 Å². The molecule has 4 nitrogen and oxygen atoms in total. The monoisotopic (exact) mass is 295 g/mol. The van der Waals surface area contributed by atoms with Gasteiger partial charge in [0.2, 0.25) is 5.91 Å². The number of carbonyl (C=O) groups is 1. The van der Waals surface area contributed by atoms with Gasteiger partial charge in [-0.05, 0) is 31.9 Å². The Morgan fingerprint density at radius 2 is 2.23 bits per heavy atom. The Kier molecular flexibility index (Phi) is 5.00. The van der Waals surface area contributed by atoms with Crippen molar-refractivity contribution in [3.05, 3.63) is 46.7 Å². The molecule has 1 aliphatic heterocycles. The van der Waals surface area contributed by atoms with Gasteiger partial charge >= 0.3 is 0 Å². The van der Waals surface area contributed by atoms with Gasteiger partial charge in [-0.2, -0.15) is 5.26 Å². The number of hydrogen-bond acceptors (Lipinski definition) is 3. The number of anilines is 1. The van der Waals surface area contributed by atoms with E-state index in [9.17, 15) is 10.1 Å². The lowest BCUT2D eigenvalue weighted by molar-refractivity contribution is -0.124. The Labute approximate surface area is 131 Å². The zero-order chi connectivity index (χ0) is 16.1. The standard InChI is InChI=1S/C18H21N3O/c1-4-8-21-12-16(10-17(21)22)20-18-14(9-13(2)3)6-5-7-15(18)11-19/h5-7,9-10,20H,4,8,12H2,1-3H3. The topological polar surface area (TPSA) is 56.1 Å². The molecule has 1 aromatic carbocycles. The van der Waals surface area contributed by atoms with E-state index in [2.05, 4.69) is 18.3 Å². The second-order valence-electron chi connectivity index (χ2n) is 5.66. The van der Waals surface area contributed by atoms with Gasteiger partial charge in [0.15, 0.2) is 0 Å². The van der Waals surface area contributed by atoms with Crippen molar-refractivity contribution in [2.24, 2.45) is 0 Å². The maximum atomic E-state index is 11.9. The molecule has 0 bridgehead atoms. The highest BCUT2D eigenvalue weighted by Crippen LogP contribution is 2.26. The molecule has 2 rings (SSSR count).